The van der Waals surface area contributed by atoms with Crippen molar-refractivity contribution in [2.45, 2.75) is 19.8 Å². The molecule has 168 valence electrons. The molecular formula is C27H25ClN2O3. The first kappa shape index (κ1) is 20.7. The summed E-state index contributed by atoms with van der Waals surface area (Å²) in [7, 11) is 0. The van der Waals surface area contributed by atoms with Crippen LogP contribution in [0.25, 0.3) is 0 Å². The third-order valence-electron chi connectivity index (χ3n) is 8.04. The molecule has 2 aromatic rings. The van der Waals surface area contributed by atoms with Gasteiger partial charge >= 0.3 is 0 Å². The van der Waals surface area contributed by atoms with Gasteiger partial charge < -0.3 is 0 Å². The monoisotopic (exact) mass is 460 g/mol. The van der Waals surface area contributed by atoms with E-state index >= 15 is 0 Å². The van der Waals surface area contributed by atoms with Gasteiger partial charge in [-0.05, 0) is 66.3 Å². The van der Waals surface area contributed by atoms with Gasteiger partial charge in [-0.1, -0.05) is 54.9 Å². The van der Waals surface area contributed by atoms with Crippen molar-refractivity contribution in [3.05, 3.63) is 76.8 Å². The smallest absolute Gasteiger partial charge is 0.261 e. The van der Waals surface area contributed by atoms with Gasteiger partial charge in [0.15, 0.2) is 0 Å². The van der Waals surface area contributed by atoms with Gasteiger partial charge in [0.05, 0.1) is 22.4 Å². The molecule has 3 amide bonds. The van der Waals surface area contributed by atoms with E-state index in [2.05, 4.69) is 19.1 Å². The summed E-state index contributed by atoms with van der Waals surface area (Å²) in [6, 6.07) is 14.5. The number of carbonyl (C=O) groups is 3. The molecule has 4 aliphatic carbocycles. The van der Waals surface area contributed by atoms with Gasteiger partial charge in [0.1, 0.15) is 6.67 Å². The highest BCUT2D eigenvalue weighted by Gasteiger charge is 2.67. The molecule has 1 saturated heterocycles. The number of aryl methyl sites for hydroxylation is 1. The van der Waals surface area contributed by atoms with Crippen LogP contribution >= 0.6 is 11.6 Å². The molecule has 3 fully saturated rings. The number of imide groups is 1. The number of anilines is 1. The molecule has 33 heavy (non-hydrogen) atoms. The van der Waals surface area contributed by atoms with E-state index in [9.17, 15) is 14.4 Å². The Morgan fingerprint density at radius 3 is 2.15 bits per heavy atom. The van der Waals surface area contributed by atoms with Crippen molar-refractivity contribution < 1.29 is 14.4 Å². The lowest BCUT2D eigenvalue weighted by Gasteiger charge is -2.37. The summed E-state index contributed by atoms with van der Waals surface area (Å²) < 4.78 is 0. The fraction of sp³-hybridized carbons (Fsp3) is 0.370. The van der Waals surface area contributed by atoms with Gasteiger partial charge in [-0.15, -0.1) is 0 Å². The summed E-state index contributed by atoms with van der Waals surface area (Å²) in [4.78, 5) is 43.4. The van der Waals surface area contributed by atoms with Crippen LogP contribution in [0.1, 0.15) is 29.3 Å². The summed E-state index contributed by atoms with van der Waals surface area (Å²) in [5, 5.41) is 0.341. The van der Waals surface area contributed by atoms with Crippen LogP contribution in [-0.2, 0) is 16.0 Å². The predicted octanol–water partition coefficient (Wildman–Crippen LogP) is 4.56. The number of nitrogens with zero attached hydrogens (tertiary/aromatic N) is 2. The summed E-state index contributed by atoms with van der Waals surface area (Å²) in [6.45, 7) is 1.97. The fourth-order valence-electron chi connectivity index (χ4n) is 6.25. The number of benzene rings is 2. The third-order valence-corrected chi connectivity index (χ3v) is 8.37. The standard InChI is InChI=1S/C27H25ClN2O3/c1-2-15-7-9-16(10-8-15)29(25(31)19-5-3-4-6-22(19)28)14-30-26(32)23-17-11-12-18(21-13-20(17)21)24(23)27(30)33/h3-12,17-18,20-21,23-24H,2,13-14H2,1H3. The van der Waals surface area contributed by atoms with Crippen LogP contribution in [0.3, 0.4) is 0 Å². The second-order valence-electron chi connectivity index (χ2n) is 9.63. The maximum atomic E-state index is 13.6. The molecule has 6 atom stereocenters. The predicted molar refractivity (Wildman–Crippen MR) is 125 cm³/mol. The Labute approximate surface area is 198 Å². The Morgan fingerprint density at radius 2 is 1.58 bits per heavy atom. The van der Waals surface area contributed by atoms with E-state index in [0.717, 1.165) is 18.4 Å². The molecule has 6 unspecified atom stereocenters. The van der Waals surface area contributed by atoms with Gasteiger partial charge in [-0.25, -0.2) is 0 Å². The lowest BCUT2D eigenvalue weighted by atomic mass is 9.63. The molecule has 0 spiro atoms. The minimum atomic E-state index is -0.329. The maximum absolute atomic E-state index is 13.6. The number of amides is 3. The molecule has 5 nitrogen and oxygen atoms in total. The summed E-state index contributed by atoms with van der Waals surface area (Å²) >= 11 is 6.34. The Balaban J connectivity index is 1.35. The van der Waals surface area contributed by atoms with Crippen LogP contribution in [0.4, 0.5) is 5.69 Å². The summed E-state index contributed by atoms with van der Waals surface area (Å²) in [5.74, 6) is 0.219. The van der Waals surface area contributed by atoms with Gasteiger partial charge in [-0.3, -0.25) is 24.2 Å². The van der Waals surface area contributed by atoms with Crippen molar-refractivity contribution in [2.75, 3.05) is 11.6 Å². The van der Waals surface area contributed by atoms with E-state index in [4.69, 9.17) is 11.6 Å². The first-order valence-electron chi connectivity index (χ1n) is 11.7. The topological polar surface area (TPSA) is 57.7 Å². The molecule has 2 aromatic carbocycles. The van der Waals surface area contributed by atoms with Crippen molar-refractivity contribution in [1.82, 2.24) is 4.90 Å². The van der Waals surface area contributed by atoms with Crippen molar-refractivity contribution in [2.24, 2.45) is 35.5 Å². The van der Waals surface area contributed by atoms with Gasteiger partial charge in [0.25, 0.3) is 5.91 Å². The van der Waals surface area contributed by atoms with Crippen LogP contribution in [0.5, 0.6) is 0 Å². The van der Waals surface area contributed by atoms with Crippen LogP contribution in [0.2, 0.25) is 5.02 Å². The molecule has 1 aliphatic heterocycles. The lowest BCUT2D eigenvalue weighted by Crippen LogP contribution is -2.45. The van der Waals surface area contributed by atoms with Gasteiger partial charge in [0.2, 0.25) is 11.8 Å². The second-order valence-corrected chi connectivity index (χ2v) is 10.0. The molecule has 7 rings (SSSR count). The molecule has 0 aromatic heterocycles. The van der Waals surface area contributed by atoms with Crippen LogP contribution in [0, 0.1) is 35.5 Å². The largest absolute Gasteiger partial charge is 0.290 e. The van der Waals surface area contributed by atoms with Crippen LogP contribution < -0.4 is 4.90 Å². The SMILES string of the molecule is CCc1ccc(N(CN2C(=O)C3C4C=CC(C5CC45)C3C2=O)C(=O)c2ccccc2Cl)cc1. The Bertz CT molecular complexity index is 1150. The normalized spacial score (nSPS) is 30.9. The number of hydrogen-bond acceptors (Lipinski definition) is 3. The number of hydrogen-bond donors (Lipinski definition) is 0. The number of likely N-dealkylation sites (tertiary alicyclic amines) is 1. The van der Waals surface area contributed by atoms with Crippen molar-refractivity contribution in [3.8, 4) is 0 Å². The molecule has 5 aliphatic rings. The van der Waals surface area contributed by atoms with E-state index in [1.54, 1.807) is 24.3 Å². The van der Waals surface area contributed by atoms with Gasteiger partial charge in [0, 0.05) is 5.69 Å². The molecule has 1 heterocycles. The lowest BCUT2D eigenvalue weighted by molar-refractivity contribution is -0.140. The first-order chi connectivity index (χ1) is 16.0. The maximum Gasteiger partial charge on any atom is 0.261 e. The molecule has 0 radical (unpaired) electrons. The van der Waals surface area contributed by atoms with E-state index in [1.165, 1.54) is 9.80 Å². The van der Waals surface area contributed by atoms with Crippen LogP contribution in [0.15, 0.2) is 60.7 Å². The summed E-state index contributed by atoms with van der Waals surface area (Å²) in [6.07, 6.45) is 6.32. The van der Waals surface area contributed by atoms with E-state index in [-0.39, 0.29) is 48.1 Å². The average Bonchev–Trinajstić information content (AvgIpc) is 3.62. The third kappa shape index (κ3) is 3.09. The number of rotatable bonds is 5. The zero-order valence-corrected chi connectivity index (χ0v) is 19.1. The van der Waals surface area contributed by atoms with Crippen molar-refractivity contribution in [3.63, 3.8) is 0 Å². The Hall–Kier alpha value is -2.92. The van der Waals surface area contributed by atoms with E-state index in [1.807, 2.05) is 24.3 Å². The molecule has 6 heteroatoms. The molecule has 2 saturated carbocycles. The molecule has 2 bridgehead atoms. The van der Waals surface area contributed by atoms with Crippen LogP contribution in [-0.4, -0.2) is 29.3 Å². The molecule has 0 N–H and O–H groups in total. The average molecular weight is 461 g/mol. The van der Waals surface area contributed by atoms with Crippen molar-refractivity contribution in [1.29, 1.82) is 0 Å². The minimum Gasteiger partial charge on any atom is -0.290 e. The highest BCUT2D eigenvalue weighted by atomic mass is 35.5. The highest BCUT2D eigenvalue weighted by molar-refractivity contribution is 6.34. The Morgan fingerprint density at radius 1 is 0.970 bits per heavy atom. The second kappa shape index (κ2) is 7.56. The summed E-state index contributed by atoms with van der Waals surface area (Å²) in [5.41, 5.74) is 2.12. The fourth-order valence-corrected chi connectivity index (χ4v) is 6.47. The molecular weight excluding hydrogens is 436 g/mol. The Kier molecular flexibility index (Phi) is 4.73. The first-order valence-corrected chi connectivity index (χ1v) is 12.1. The number of allylic oxidation sites excluding steroid dienone is 2. The van der Waals surface area contributed by atoms with E-state index < -0.39 is 0 Å². The quantitative estimate of drug-likeness (QED) is 0.485. The zero-order valence-electron chi connectivity index (χ0n) is 18.4. The number of carbonyl (C=O) groups excluding carboxylic acids is 3. The van der Waals surface area contributed by atoms with E-state index in [0.29, 0.717) is 28.1 Å². The highest BCUT2D eigenvalue weighted by Crippen LogP contribution is 2.65. The minimum absolute atomic E-state index is 0.102. The van der Waals surface area contributed by atoms with Crippen molar-refractivity contribution >= 4 is 35.0 Å². The zero-order chi connectivity index (χ0) is 22.9. The van der Waals surface area contributed by atoms with Gasteiger partial charge in [-0.2, -0.15) is 0 Å². The number of halogens is 1.